The number of alkyl halides is 4. The first kappa shape index (κ1) is 15.4. The summed E-state index contributed by atoms with van der Waals surface area (Å²) in [6.07, 6.45) is 0. The molecule has 1 unspecified atom stereocenters. The van der Waals surface area contributed by atoms with Gasteiger partial charge in [-0.25, -0.2) is 4.29 Å². The summed E-state index contributed by atoms with van der Waals surface area (Å²) in [5, 5.41) is 0. The second kappa shape index (κ2) is 6.48. The Bertz CT molecular complexity index is 331. The predicted octanol–water partition coefficient (Wildman–Crippen LogP) is 5.86. The van der Waals surface area contributed by atoms with Gasteiger partial charge < -0.3 is 0 Å². The zero-order chi connectivity index (χ0) is 12.2. The average Bonchev–Trinajstić information content (AvgIpc) is 2.26. The number of hydrogen-bond acceptors (Lipinski definition) is 3. The molecule has 0 saturated carbocycles. The van der Waals surface area contributed by atoms with E-state index in [0.717, 1.165) is 15.7 Å². The van der Waals surface area contributed by atoms with E-state index in [2.05, 4.69) is 4.29 Å². The van der Waals surface area contributed by atoms with E-state index in [-0.39, 0.29) is 0 Å². The Labute approximate surface area is 127 Å². The molecule has 0 aliphatic carbocycles. The lowest BCUT2D eigenvalue weighted by Crippen LogP contribution is -2.33. The van der Waals surface area contributed by atoms with Crippen LogP contribution in [0, 0.1) is 0 Å². The van der Waals surface area contributed by atoms with Crippen molar-refractivity contribution in [2.45, 2.75) is 13.1 Å². The minimum atomic E-state index is -1.84. The zero-order valence-corrected chi connectivity index (χ0v) is 12.9. The second-order valence-electron chi connectivity index (χ2n) is 2.59. The highest BCUT2D eigenvalue weighted by Gasteiger charge is 2.50. The van der Waals surface area contributed by atoms with Gasteiger partial charge in [-0.15, -0.1) is 0 Å². The third kappa shape index (κ3) is 4.21. The maximum absolute atomic E-state index is 5.94. The highest BCUT2D eigenvalue weighted by molar-refractivity contribution is 8.77. The topological polar surface area (TPSA) is 9.23 Å². The lowest BCUT2D eigenvalue weighted by atomic mass is 10.4. The van der Waals surface area contributed by atoms with Crippen molar-refractivity contribution in [2.75, 3.05) is 0 Å². The molecule has 0 bridgehead atoms. The highest BCUT2D eigenvalue weighted by atomic mass is 35.6. The van der Waals surface area contributed by atoms with Crippen LogP contribution in [0.15, 0.2) is 35.2 Å². The molecule has 16 heavy (non-hydrogen) atoms. The molecule has 0 amide bonds. The Morgan fingerprint density at radius 3 is 2.00 bits per heavy atom. The fraction of sp³-hybridized carbons (Fsp3) is 0.250. The summed E-state index contributed by atoms with van der Waals surface area (Å²) in [5.74, 6) is 0. The van der Waals surface area contributed by atoms with Gasteiger partial charge in [0.2, 0.25) is 3.79 Å². The van der Waals surface area contributed by atoms with Gasteiger partial charge >= 0.3 is 0 Å². The van der Waals surface area contributed by atoms with E-state index in [0.29, 0.717) is 0 Å². The van der Waals surface area contributed by atoms with Crippen molar-refractivity contribution in [3.8, 4) is 0 Å². The number of rotatable bonds is 4. The van der Waals surface area contributed by atoms with Gasteiger partial charge in [-0.3, -0.25) is 0 Å². The minimum Gasteiger partial charge on any atom is -0.239 e. The minimum absolute atomic E-state index is 0.945. The normalized spacial score (nSPS) is 15.8. The van der Waals surface area contributed by atoms with E-state index in [1.165, 1.54) is 10.8 Å². The average molecular weight is 359 g/mol. The second-order valence-corrected chi connectivity index (χ2v) is 8.16. The summed E-state index contributed by atoms with van der Waals surface area (Å²) in [6, 6.07) is 9.45. The molecular formula is C8H5Cl5OS2. The fourth-order valence-corrected chi connectivity index (χ4v) is 4.29. The molecule has 0 radical (unpaired) electrons. The maximum atomic E-state index is 5.94. The molecule has 0 heterocycles. The van der Waals surface area contributed by atoms with Crippen LogP contribution in [0.5, 0.6) is 0 Å². The first-order valence-electron chi connectivity index (χ1n) is 3.85. The van der Waals surface area contributed by atoms with Crippen molar-refractivity contribution in [2.24, 2.45) is 0 Å². The summed E-state index contributed by atoms with van der Waals surface area (Å²) in [7, 11) is 2.32. The molecular weight excluding hydrogens is 353 g/mol. The molecule has 0 fully saturated rings. The van der Waals surface area contributed by atoms with Crippen LogP contribution >= 0.6 is 79.9 Å². The fourth-order valence-electron chi connectivity index (χ4n) is 0.682. The molecule has 0 aliphatic heterocycles. The molecule has 1 aromatic carbocycles. The van der Waals surface area contributed by atoms with E-state index >= 15 is 0 Å². The summed E-state index contributed by atoms with van der Waals surface area (Å²) >= 11 is 28.2. The molecule has 1 nitrogen and oxygen atoms in total. The molecule has 0 spiro atoms. The van der Waals surface area contributed by atoms with Crippen molar-refractivity contribution in [3.05, 3.63) is 30.3 Å². The van der Waals surface area contributed by atoms with Crippen LogP contribution in [0.25, 0.3) is 0 Å². The summed E-state index contributed by atoms with van der Waals surface area (Å²) < 4.78 is 1.01. The number of halogens is 5. The Balaban J connectivity index is 2.66. The van der Waals surface area contributed by atoms with Gasteiger partial charge in [0.05, 0.1) is 11.9 Å². The molecule has 0 aromatic heterocycles. The van der Waals surface area contributed by atoms with Crippen molar-refractivity contribution in [3.63, 3.8) is 0 Å². The number of benzene rings is 1. The van der Waals surface area contributed by atoms with Gasteiger partial charge in [0.25, 0.3) is 4.39 Å². The molecule has 0 saturated heterocycles. The van der Waals surface area contributed by atoms with Gasteiger partial charge in [-0.2, -0.15) is 0 Å². The van der Waals surface area contributed by atoms with E-state index in [1.807, 2.05) is 30.3 Å². The molecule has 1 atom stereocenters. The van der Waals surface area contributed by atoms with E-state index < -0.39 is 8.18 Å². The van der Waals surface area contributed by atoms with Crippen molar-refractivity contribution < 1.29 is 4.29 Å². The van der Waals surface area contributed by atoms with Crippen LogP contribution in [0.3, 0.4) is 0 Å². The lowest BCUT2D eigenvalue weighted by Gasteiger charge is -2.28. The Morgan fingerprint density at radius 2 is 1.56 bits per heavy atom. The monoisotopic (exact) mass is 356 g/mol. The smallest absolute Gasteiger partial charge is 0.239 e. The van der Waals surface area contributed by atoms with Gasteiger partial charge in [-0.1, -0.05) is 75.4 Å². The summed E-state index contributed by atoms with van der Waals surface area (Å²) in [4.78, 5) is 0.945. The first-order valence-corrected chi connectivity index (χ1v) is 7.82. The molecule has 0 aliphatic rings. The van der Waals surface area contributed by atoms with Crippen molar-refractivity contribution in [1.29, 1.82) is 0 Å². The van der Waals surface area contributed by atoms with Gasteiger partial charge in [0, 0.05) is 4.90 Å². The molecule has 0 N–H and O–H groups in total. The third-order valence-corrected chi connectivity index (χ3v) is 6.80. The Morgan fingerprint density at radius 1 is 1.00 bits per heavy atom. The van der Waals surface area contributed by atoms with Gasteiger partial charge in [-0.05, 0) is 22.9 Å². The molecule has 1 aromatic rings. The van der Waals surface area contributed by atoms with Crippen LogP contribution in [-0.2, 0) is 4.29 Å². The largest absolute Gasteiger partial charge is 0.265 e. The first-order chi connectivity index (χ1) is 7.39. The summed E-state index contributed by atoms with van der Waals surface area (Å²) in [5.41, 5.74) is 0. The predicted molar refractivity (Wildman–Crippen MR) is 75.7 cm³/mol. The third-order valence-electron chi connectivity index (χ3n) is 1.43. The Hall–Kier alpha value is 1.33. The van der Waals surface area contributed by atoms with E-state index in [1.54, 1.807) is 0 Å². The Kier molecular flexibility index (Phi) is 6.24. The van der Waals surface area contributed by atoms with E-state index in [4.69, 9.17) is 58.3 Å². The molecule has 1 rings (SSSR count). The van der Waals surface area contributed by atoms with Crippen LogP contribution in [0.2, 0.25) is 0 Å². The van der Waals surface area contributed by atoms with E-state index in [9.17, 15) is 0 Å². The quantitative estimate of drug-likeness (QED) is 0.379. The zero-order valence-electron chi connectivity index (χ0n) is 7.50. The standard InChI is InChI=1S/C8H5Cl5OS2/c9-7(10,11)8(12,14-13)16-15-6-4-2-1-3-5-6/h1-5H. The SMILES string of the molecule is ClOC(Cl)(SSc1ccccc1)C(Cl)(Cl)Cl. The molecule has 90 valence electrons. The van der Waals surface area contributed by atoms with Gasteiger partial charge in [0.15, 0.2) is 0 Å². The van der Waals surface area contributed by atoms with Crippen LogP contribution in [0.1, 0.15) is 0 Å². The summed E-state index contributed by atoms with van der Waals surface area (Å²) in [6.45, 7) is 0. The van der Waals surface area contributed by atoms with Crippen LogP contribution in [0.4, 0.5) is 0 Å². The lowest BCUT2D eigenvalue weighted by molar-refractivity contribution is 0.283. The molecule has 8 heteroatoms. The number of hydrogen-bond donors (Lipinski definition) is 0. The van der Waals surface area contributed by atoms with Crippen molar-refractivity contribution >= 4 is 79.9 Å². The van der Waals surface area contributed by atoms with Crippen molar-refractivity contribution in [1.82, 2.24) is 0 Å². The van der Waals surface area contributed by atoms with Crippen LogP contribution in [-0.4, -0.2) is 8.18 Å². The van der Waals surface area contributed by atoms with Gasteiger partial charge in [0.1, 0.15) is 0 Å². The highest BCUT2D eigenvalue weighted by Crippen LogP contribution is 2.56. The van der Waals surface area contributed by atoms with Crippen LogP contribution < -0.4 is 0 Å². The maximum Gasteiger partial charge on any atom is 0.265 e.